The predicted molar refractivity (Wildman–Crippen MR) is 116 cm³/mol. The summed E-state index contributed by atoms with van der Waals surface area (Å²) in [4.78, 5) is 36.0. The van der Waals surface area contributed by atoms with Crippen molar-refractivity contribution < 1.29 is 43.5 Å². The summed E-state index contributed by atoms with van der Waals surface area (Å²) in [5.41, 5.74) is -0.0486. The van der Waals surface area contributed by atoms with Gasteiger partial charge in [0.15, 0.2) is 29.8 Å². The Morgan fingerprint density at radius 3 is 2.62 bits per heavy atom. The third-order valence-corrected chi connectivity index (χ3v) is 7.78. The lowest BCUT2D eigenvalue weighted by Crippen LogP contribution is -2.67. The Bertz CT molecular complexity index is 1110. The third kappa shape index (κ3) is 3.06. The monoisotopic (exact) mass is 472 g/mol. The van der Waals surface area contributed by atoms with E-state index >= 15 is 0 Å². The van der Waals surface area contributed by atoms with Gasteiger partial charge in [0, 0.05) is 12.5 Å². The van der Waals surface area contributed by atoms with Gasteiger partial charge in [-0.1, -0.05) is 12.5 Å². The lowest BCUT2D eigenvalue weighted by Gasteiger charge is -2.59. The molecule has 6 atom stereocenters. The molecule has 9 nitrogen and oxygen atoms in total. The maximum atomic E-state index is 12.8. The standard InChI is InChI=1S/C25H28O9/c1-12(31-14(3)26)22(28)32-13(2)23(29)33-18-8-10-25(30)16-5-4-9-24(25)19-15(11-16)6-7-17(27)20(19)34-21(18)24/h6-8,12-13,16,21,27,30H,4-5,9-11H2,1-3H3/t12-,13-,16+,21-,24-,25+/m0/s1. The van der Waals surface area contributed by atoms with Crippen LogP contribution in [0, 0.1) is 5.92 Å². The molecule has 2 N–H and O–H groups in total. The summed E-state index contributed by atoms with van der Waals surface area (Å²) in [6, 6.07) is 3.48. The zero-order chi connectivity index (χ0) is 24.4. The summed E-state index contributed by atoms with van der Waals surface area (Å²) in [6.45, 7) is 3.88. The molecule has 182 valence electrons. The molecule has 1 heterocycles. The molecule has 34 heavy (non-hydrogen) atoms. The Hall–Kier alpha value is -3.07. The average Bonchev–Trinajstić information content (AvgIpc) is 3.12. The molecular weight excluding hydrogens is 444 g/mol. The molecule has 0 amide bonds. The molecule has 1 aliphatic heterocycles. The van der Waals surface area contributed by atoms with E-state index in [1.54, 1.807) is 12.1 Å². The second-order valence-corrected chi connectivity index (χ2v) is 9.70. The smallest absolute Gasteiger partial charge is 0.352 e. The number of carbonyl (C=O) groups is 3. The molecule has 0 saturated heterocycles. The summed E-state index contributed by atoms with van der Waals surface area (Å²) < 4.78 is 21.8. The summed E-state index contributed by atoms with van der Waals surface area (Å²) in [7, 11) is 0. The van der Waals surface area contributed by atoms with Crippen molar-refractivity contribution in [1.82, 2.24) is 0 Å². The lowest BCUT2D eigenvalue weighted by molar-refractivity contribution is -0.178. The Labute approximate surface area is 196 Å². The van der Waals surface area contributed by atoms with Crippen LogP contribution in [0.1, 0.15) is 57.6 Å². The van der Waals surface area contributed by atoms with Crippen LogP contribution in [0.2, 0.25) is 0 Å². The van der Waals surface area contributed by atoms with Crippen molar-refractivity contribution >= 4 is 17.9 Å². The first-order chi connectivity index (χ1) is 16.1. The molecular formula is C25H28O9. The third-order valence-electron chi connectivity index (χ3n) is 7.78. The van der Waals surface area contributed by atoms with Gasteiger partial charge in [-0.05, 0) is 63.2 Å². The maximum absolute atomic E-state index is 12.8. The maximum Gasteiger partial charge on any atom is 0.352 e. The minimum Gasteiger partial charge on any atom is -0.504 e. The van der Waals surface area contributed by atoms with Crippen LogP contribution in [-0.2, 0) is 40.4 Å². The quantitative estimate of drug-likeness (QED) is 0.489. The van der Waals surface area contributed by atoms with E-state index in [0.29, 0.717) is 18.6 Å². The number of phenolic OH excluding ortho intramolecular Hbond substituents is 1. The van der Waals surface area contributed by atoms with E-state index in [2.05, 4.69) is 0 Å². The van der Waals surface area contributed by atoms with Crippen molar-refractivity contribution in [1.29, 1.82) is 0 Å². The number of aromatic hydroxyl groups is 1. The van der Waals surface area contributed by atoms with Crippen molar-refractivity contribution in [3.8, 4) is 11.5 Å². The van der Waals surface area contributed by atoms with Gasteiger partial charge >= 0.3 is 17.9 Å². The SMILES string of the molecule is CC(=O)O[C@@H](C)C(=O)O[C@@H](C)C(=O)OC1=CC[C@@]2(O)[C@@H]3CCC[C@@]24c2c(ccc(O)c2O[C@@H]14)C3. The van der Waals surface area contributed by atoms with Crippen molar-refractivity contribution in [2.24, 2.45) is 5.92 Å². The molecule has 5 rings (SSSR count). The average molecular weight is 472 g/mol. The highest BCUT2D eigenvalue weighted by atomic mass is 16.6. The Morgan fingerprint density at radius 2 is 1.88 bits per heavy atom. The summed E-state index contributed by atoms with van der Waals surface area (Å²) in [6.07, 6.45) is 1.84. The zero-order valence-electron chi connectivity index (χ0n) is 19.3. The van der Waals surface area contributed by atoms with Crippen LogP contribution in [0.3, 0.4) is 0 Å². The van der Waals surface area contributed by atoms with Gasteiger partial charge in [-0.2, -0.15) is 0 Å². The largest absolute Gasteiger partial charge is 0.504 e. The number of hydrogen-bond acceptors (Lipinski definition) is 9. The number of aliphatic hydroxyl groups is 1. The molecule has 1 fully saturated rings. The van der Waals surface area contributed by atoms with E-state index in [0.717, 1.165) is 24.0 Å². The second kappa shape index (κ2) is 7.73. The summed E-state index contributed by atoms with van der Waals surface area (Å²) in [5.74, 6) is -1.74. The topological polar surface area (TPSA) is 129 Å². The van der Waals surface area contributed by atoms with Crippen molar-refractivity contribution in [2.75, 3.05) is 0 Å². The van der Waals surface area contributed by atoms with Gasteiger partial charge in [0.05, 0.1) is 11.0 Å². The van der Waals surface area contributed by atoms with E-state index in [9.17, 15) is 24.6 Å². The Morgan fingerprint density at radius 1 is 1.15 bits per heavy atom. The molecule has 9 heteroatoms. The van der Waals surface area contributed by atoms with Crippen LogP contribution < -0.4 is 4.74 Å². The van der Waals surface area contributed by atoms with Crippen LogP contribution in [0.5, 0.6) is 11.5 Å². The number of rotatable bonds is 5. The Balaban J connectivity index is 1.41. The number of phenols is 1. The van der Waals surface area contributed by atoms with Gasteiger partial charge in [-0.25, -0.2) is 9.59 Å². The molecule has 2 bridgehead atoms. The normalized spacial score (nSPS) is 31.8. The van der Waals surface area contributed by atoms with E-state index < -0.39 is 47.2 Å². The first-order valence-corrected chi connectivity index (χ1v) is 11.6. The molecule has 4 aliphatic rings. The summed E-state index contributed by atoms with van der Waals surface area (Å²) >= 11 is 0. The van der Waals surface area contributed by atoms with E-state index in [4.69, 9.17) is 18.9 Å². The highest BCUT2D eigenvalue weighted by Gasteiger charge is 2.70. The zero-order valence-corrected chi connectivity index (χ0v) is 19.3. The van der Waals surface area contributed by atoms with E-state index in [1.165, 1.54) is 20.8 Å². The van der Waals surface area contributed by atoms with Crippen molar-refractivity contribution in [2.45, 2.75) is 82.2 Å². The number of ether oxygens (including phenoxy) is 4. The first kappa shape index (κ1) is 22.7. The number of carbonyl (C=O) groups excluding carboxylic acids is 3. The van der Waals surface area contributed by atoms with Gasteiger partial charge < -0.3 is 29.2 Å². The molecule has 1 saturated carbocycles. The number of hydrogen-bond donors (Lipinski definition) is 2. The van der Waals surface area contributed by atoms with Crippen LogP contribution >= 0.6 is 0 Å². The van der Waals surface area contributed by atoms with Gasteiger partial charge in [0.25, 0.3) is 0 Å². The minimum absolute atomic E-state index is 0.0127. The van der Waals surface area contributed by atoms with Gasteiger partial charge in [-0.15, -0.1) is 0 Å². The van der Waals surface area contributed by atoms with Gasteiger partial charge in [0.2, 0.25) is 0 Å². The first-order valence-electron chi connectivity index (χ1n) is 11.6. The highest BCUT2D eigenvalue weighted by molar-refractivity contribution is 5.83. The molecule has 1 spiro atoms. The predicted octanol–water partition coefficient (Wildman–Crippen LogP) is 2.19. The minimum atomic E-state index is -1.26. The van der Waals surface area contributed by atoms with Crippen LogP contribution in [0.15, 0.2) is 24.0 Å². The van der Waals surface area contributed by atoms with Crippen LogP contribution in [0.25, 0.3) is 0 Å². The van der Waals surface area contributed by atoms with E-state index in [1.807, 2.05) is 6.07 Å². The second-order valence-electron chi connectivity index (χ2n) is 9.70. The Kier molecular flexibility index (Phi) is 5.16. The molecule has 0 unspecified atom stereocenters. The van der Waals surface area contributed by atoms with Gasteiger partial charge in [0.1, 0.15) is 5.76 Å². The molecule has 3 aliphatic carbocycles. The van der Waals surface area contributed by atoms with E-state index in [-0.39, 0.29) is 23.8 Å². The number of esters is 3. The van der Waals surface area contributed by atoms with Crippen LogP contribution in [0.4, 0.5) is 0 Å². The van der Waals surface area contributed by atoms with Gasteiger partial charge in [-0.3, -0.25) is 4.79 Å². The fraction of sp³-hybridized carbons (Fsp3) is 0.560. The van der Waals surface area contributed by atoms with Crippen molar-refractivity contribution in [3.05, 3.63) is 35.1 Å². The molecule has 1 aromatic carbocycles. The molecule has 0 aromatic heterocycles. The fourth-order valence-corrected chi connectivity index (χ4v) is 6.35. The lowest BCUT2D eigenvalue weighted by atomic mass is 9.47. The highest BCUT2D eigenvalue weighted by Crippen LogP contribution is 2.67. The van der Waals surface area contributed by atoms with Crippen LogP contribution in [-0.4, -0.2) is 52.0 Å². The van der Waals surface area contributed by atoms with Crippen molar-refractivity contribution in [3.63, 3.8) is 0 Å². The summed E-state index contributed by atoms with van der Waals surface area (Å²) in [5, 5.41) is 22.5. The fourth-order valence-electron chi connectivity index (χ4n) is 6.35. The molecule has 0 radical (unpaired) electrons. The molecule has 1 aromatic rings. The number of benzene rings is 1.